The Hall–Kier alpha value is -3.62. The molecule has 34 heavy (non-hydrogen) atoms. The lowest BCUT2D eigenvalue weighted by Crippen LogP contribution is -2.03. The molecular weight excluding hydrogens is 435 g/mol. The highest BCUT2D eigenvalue weighted by molar-refractivity contribution is 8.34. The van der Waals surface area contributed by atoms with Crippen LogP contribution in [-0.4, -0.2) is 0 Å². The maximum atomic E-state index is 13.9. The number of benzene rings is 5. The summed E-state index contributed by atoms with van der Waals surface area (Å²) >= 11 is 0. The summed E-state index contributed by atoms with van der Waals surface area (Å²) in [6, 6.07) is 40.5. The van der Waals surface area contributed by atoms with Crippen LogP contribution in [0.2, 0.25) is 0 Å². The van der Waals surface area contributed by atoms with Crippen molar-refractivity contribution in [3.63, 3.8) is 0 Å². The Labute approximate surface area is 202 Å². The molecule has 0 amide bonds. The molecule has 0 N–H and O–H groups in total. The van der Waals surface area contributed by atoms with E-state index >= 15 is 0 Å². The van der Waals surface area contributed by atoms with Gasteiger partial charge in [0.25, 0.3) is 0 Å². The summed E-state index contributed by atoms with van der Waals surface area (Å²) in [6.07, 6.45) is 0. The molecule has 0 fully saturated rings. The van der Waals surface area contributed by atoms with E-state index in [1.807, 2.05) is 12.1 Å². The van der Waals surface area contributed by atoms with Gasteiger partial charge in [-0.2, -0.15) is 0 Å². The average Bonchev–Trinajstić information content (AvgIpc) is 3.17. The summed E-state index contributed by atoms with van der Waals surface area (Å²) in [5.41, 5.74) is 7.28. The van der Waals surface area contributed by atoms with Gasteiger partial charge in [-0.25, -0.2) is 4.39 Å². The second-order valence-electron chi connectivity index (χ2n) is 8.92. The summed E-state index contributed by atoms with van der Waals surface area (Å²) in [7, 11) is -1.75. The lowest BCUT2D eigenvalue weighted by Gasteiger charge is -2.40. The highest BCUT2D eigenvalue weighted by atomic mass is 32.3. The number of rotatable bonds is 3. The number of aryl methyl sites for hydroxylation is 2. The smallest absolute Gasteiger partial charge is 0.123 e. The first-order chi connectivity index (χ1) is 16.6. The first-order valence-corrected chi connectivity index (χ1v) is 13.2. The summed E-state index contributed by atoms with van der Waals surface area (Å²) in [4.78, 5) is 5.35. The van der Waals surface area contributed by atoms with Gasteiger partial charge in [0, 0.05) is 19.6 Å². The van der Waals surface area contributed by atoms with E-state index < -0.39 is 10.0 Å². The third kappa shape index (κ3) is 3.06. The monoisotopic (exact) mass is 460 g/mol. The van der Waals surface area contributed by atoms with Crippen LogP contribution in [0.4, 0.5) is 4.39 Å². The predicted molar refractivity (Wildman–Crippen MR) is 140 cm³/mol. The molecule has 1 aliphatic rings. The van der Waals surface area contributed by atoms with Crippen LogP contribution in [0.25, 0.3) is 22.3 Å². The quantitative estimate of drug-likeness (QED) is 0.247. The maximum absolute atomic E-state index is 13.9. The third-order valence-corrected chi connectivity index (χ3v) is 10.8. The van der Waals surface area contributed by atoms with Crippen LogP contribution >= 0.6 is 10.0 Å². The first-order valence-electron chi connectivity index (χ1n) is 11.5. The molecule has 0 saturated heterocycles. The molecule has 0 bridgehead atoms. The largest absolute Gasteiger partial charge is 0.207 e. The van der Waals surface area contributed by atoms with Crippen molar-refractivity contribution >= 4 is 10.0 Å². The van der Waals surface area contributed by atoms with Crippen molar-refractivity contribution < 1.29 is 4.39 Å². The van der Waals surface area contributed by atoms with Gasteiger partial charge in [0.2, 0.25) is 0 Å². The van der Waals surface area contributed by atoms with Crippen LogP contribution < -0.4 is 0 Å². The zero-order valence-corrected chi connectivity index (χ0v) is 20.1. The van der Waals surface area contributed by atoms with E-state index in [1.54, 1.807) is 12.1 Å². The Morgan fingerprint density at radius 1 is 0.500 bits per heavy atom. The average molecular weight is 461 g/mol. The van der Waals surface area contributed by atoms with E-state index in [0.29, 0.717) is 0 Å². The Bertz CT molecular complexity index is 1450. The number of hydrogen-bond acceptors (Lipinski definition) is 0. The number of fused-ring (bicyclic) bond motifs is 3. The lowest BCUT2D eigenvalue weighted by molar-refractivity contribution is 0.628. The van der Waals surface area contributed by atoms with E-state index in [9.17, 15) is 4.39 Å². The van der Waals surface area contributed by atoms with Crippen molar-refractivity contribution in [2.45, 2.75) is 33.4 Å². The molecule has 5 aromatic carbocycles. The summed E-state index contributed by atoms with van der Waals surface area (Å²) in [5.74, 6) is -0.213. The second kappa shape index (κ2) is 8.00. The molecule has 1 heterocycles. The zero-order chi connectivity index (χ0) is 23.3. The van der Waals surface area contributed by atoms with Crippen molar-refractivity contribution in [3.8, 4) is 22.3 Å². The number of halogens is 1. The van der Waals surface area contributed by atoms with Gasteiger partial charge in [0.1, 0.15) is 5.82 Å². The first kappa shape index (κ1) is 20.9. The summed E-state index contributed by atoms with van der Waals surface area (Å²) in [6.45, 7) is 4.27. The van der Waals surface area contributed by atoms with E-state index in [1.165, 1.54) is 47.4 Å². The Kier molecular flexibility index (Phi) is 4.93. The minimum Gasteiger partial charge on any atom is -0.207 e. The summed E-state index contributed by atoms with van der Waals surface area (Å²) in [5, 5.41) is 0. The zero-order valence-electron chi connectivity index (χ0n) is 19.3. The number of hydrogen-bond donors (Lipinski definition) is 0. The van der Waals surface area contributed by atoms with Gasteiger partial charge in [-0.3, -0.25) is 0 Å². The van der Waals surface area contributed by atoms with Crippen LogP contribution in [0.5, 0.6) is 0 Å². The fourth-order valence-electron chi connectivity index (χ4n) is 5.11. The van der Waals surface area contributed by atoms with Gasteiger partial charge >= 0.3 is 0 Å². The van der Waals surface area contributed by atoms with Gasteiger partial charge in [-0.15, -0.1) is 10.0 Å². The molecule has 2 heteroatoms. The Morgan fingerprint density at radius 2 is 1.03 bits per heavy atom. The standard InChI is InChI=1S/C32H25FS/c1-22-10-18-26(19-11-22)34(27-20-12-23(2)13-21-27)31-9-4-3-6-29(31)30-8-5-7-28(32(30)34)24-14-16-25(33)17-15-24/h3-21H,1-2H3. The van der Waals surface area contributed by atoms with Crippen LogP contribution in [0.1, 0.15) is 11.1 Å². The van der Waals surface area contributed by atoms with Crippen molar-refractivity contribution in [1.82, 2.24) is 0 Å². The minimum atomic E-state index is -1.75. The molecule has 0 aromatic heterocycles. The van der Waals surface area contributed by atoms with Gasteiger partial charge < -0.3 is 0 Å². The van der Waals surface area contributed by atoms with Gasteiger partial charge in [-0.1, -0.05) is 83.9 Å². The lowest BCUT2D eigenvalue weighted by atomic mass is 9.99. The molecule has 0 spiro atoms. The maximum Gasteiger partial charge on any atom is 0.123 e. The molecular formula is C32H25FS. The van der Waals surface area contributed by atoms with Gasteiger partial charge in [0.15, 0.2) is 0 Å². The van der Waals surface area contributed by atoms with Crippen LogP contribution in [-0.2, 0) is 0 Å². The highest BCUT2D eigenvalue weighted by Crippen LogP contribution is 2.81. The van der Waals surface area contributed by atoms with Gasteiger partial charge in [-0.05, 0) is 78.6 Å². The summed E-state index contributed by atoms with van der Waals surface area (Å²) < 4.78 is 13.9. The van der Waals surface area contributed by atoms with Crippen molar-refractivity contribution in [3.05, 3.63) is 132 Å². The molecule has 0 atom stereocenters. The minimum absolute atomic E-state index is 0.213. The van der Waals surface area contributed by atoms with Gasteiger partial charge in [0.05, 0.1) is 0 Å². The Morgan fingerprint density at radius 3 is 1.65 bits per heavy atom. The fraction of sp³-hybridized carbons (Fsp3) is 0.0625. The molecule has 166 valence electrons. The highest BCUT2D eigenvalue weighted by Gasteiger charge is 2.43. The van der Waals surface area contributed by atoms with Crippen molar-refractivity contribution in [2.75, 3.05) is 0 Å². The second-order valence-corrected chi connectivity index (χ2v) is 11.9. The molecule has 1 aliphatic heterocycles. The molecule has 0 saturated carbocycles. The van der Waals surface area contributed by atoms with Crippen LogP contribution in [0.15, 0.2) is 135 Å². The molecule has 6 rings (SSSR count). The predicted octanol–water partition coefficient (Wildman–Crippen LogP) is 9.43. The molecule has 5 aromatic rings. The topological polar surface area (TPSA) is 0 Å². The van der Waals surface area contributed by atoms with Crippen LogP contribution in [0.3, 0.4) is 0 Å². The molecule has 0 nitrogen and oxygen atoms in total. The van der Waals surface area contributed by atoms with Crippen molar-refractivity contribution in [2.24, 2.45) is 0 Å². The molecule has 0 unspecified atom stereocenters. The van der Waals surface area contributed by atoms with E-state index in [-0.39, 0.29) is 5.82 Å². The van der Waals surface area contributed by atoms with E-state index in [2.05, 4.69) is 105 Å². The SMILES string of the molecule is Cc1ccc(S2(c3ccc(C)cc3)c3ccccc3-c3cccc(-c4ccc(F)cc4)c32)cc1. The normalized spacial score (nSPS) is 14.3. The van der Waals surface area contributed by atoms with E-state index in [0.717, 1.165) is 5.56 Å². The van der Waals surface area contributed by atoms with E-state index in [4.69, 9.17) is 0 Å². The fourth-order valence-corrected chi connectivity index (χ4v) is 9.49. The van der Waals surface area contributed by atoms with Crippen molar-refractivity contribution in [1.29, 1.82) is 0 Å². The third-order valence-electron chi connectivity index (χ3n) is 6.73. The van der Waals surface area contributed by atoms with Crippen LogP contribution in [0, 0.1) is 19.7 Å². The molecule has 0 aliphatic carbocycles. The molecule has 0 radical (unpaired) electrons. The Balaban J connectivity index is 1.79.